The molecule has 14 heavy (non-hydrogen) atoms. The highest BCUT2D eigenvalue weighted by Gasteiger charge is 2.14. The fourth-order valence-electron chi connectivity index (χ4n) is 1.80. The van der Waals surface area contributed by atoms with Gasteiger partial charge in [0.15, 0.2) is 4.77 Å². The van der Waals surface area contributed by atoms with Gasteiger partial charge in [0.2, 0.25) is 0 Å². The van der Waals surface area contributed by atoms with Crippen molar-refractivity contribution in [2.24, 2.45) is 0 Å². The maximum Gasteiger partial charge on any atom is 0.195 e. The van der Waals surface area contributed by atoms with Crippen LogP contribution >= 0.6 is 12.2 Å². The molecule has 78 valence electrons. The molecule has 0 spiro atoms. The molecule has 5 heteroatoms. The Morgan fingerprint density at radius 2 is 2.36 bits per heavy atom. The number of aromatic amines is 1. The predicted octanol–water partition coefficient (Wildman–Crippen LogP) is 1.90. The van der Waals surface area contributed by atoms with Crippen molar-refractivity contribution < 1.29 is 4.74 Å². The molecule has 0 aromatic carbocycles. The molecule has 0 radical (unpaired) electrons. The highest BCUT2D eigenvalue weighted by atomic mass is 32.1. The standard InChI is InChI=1S/C9H15N3OS/c14-9-11-10-7-12(9)5-6-13-8-3-1-2-4-8/h7-8H,1-6H2,(H,11,14). The smallest absolute Gasteiger partial charge is 0.195 e. The van der Waals surface area contributed by atoms with E-state index in [2.05, 4.69) is 10.2 Å². The third kappa shape index (κ3) is 2.42. The van der Waals surface area contributed by atoms with Crippen molar-refractivity contribution in [3.63, 3.8) is 0 Å². The number of nitrogens with zero attached hydrogens (tertiary/aromatic N) is 2. The molecule has 1 heterocycles. The minimum atomic E-state index is 0.482. The summed E-state index contributed by atoms with van der Waals surface area (Å²) in [6, 6.07) is 0. The largest absolute Gasteiger partial charge is 0.376 e. The lowest BCUT2D eigenvalue weighted by molar-refractivity contribution is 0.0528. The Labute approximate surface area is 88.3 Å². The normalized spacial score (nSPS) is 17.7. The summed E-state index contributed by atoms with van der Waals surface area (Å²) in [5, 5.41) is 6.57. The van der Waals surface area contributed by atoms with Gasteiger partial charge in [0.1, 0.15) is 6.33 Å². The first-order valence-electron chi connectivity index (χ1n) is 5.07. The summed E-state index contributed by atoms with van der Waals surface area (Å²) < 4.78 is 8.28. The Bertz CT molecular complexity index is 327. The lowest BCUT2D eigenvalue weighted by Crippen LogP contribution is -2.12. The van der Waals surface area contributed by atoms with E-state index in [1.807, 2.05) is 4.57 Å². The monoisotopic (exact) mass is 213 g/mol. The number of hydrogen-bond acceptors (Lipinski definition) is 3. The molecule has 0 aliphatic heterocycles. The lowest BCUT2D eigenvalue weighted by atomic mass is 10.3. The van der Waals surface area contributed by atoms with Gasteiger partial charge >= 0.3 is 0 Å². The van der Waals surface area contributed by atoms with Gasteiger partial charge in [-0.1, -0.05) is 12.8 Å². The summed E-state index contributed by atoms with van der Waals surface area (Å²) in [6.45, 7) is 1.53. The fraction of sp³-hybridized carbons (Fsp3) is 0.778. The van der Waals surface area contributed by atoms with Crippen LogP contribution in [0.5, 0.6) is 0 Å². The Balaban J connectivity index is 1.72. The molecule has 0 amide bonds. The van der Waals surface area contributed by atoms with Crippen LogP contribution in [0.15, 0.2) is 6.33 Å². The summed E-state index contributed by atoms with van der Waals surface area (Å²) in [5.41, 5.74) is 0. The van der Waals surface area contributed by atoms with E-state index in [1.165, 1.54) is 25.7 Å². The first-order chi connectivity index (χ1) is 6.86. The second kappa shape index (κ2) is 4.70. The molecule has 1 fully saturated rings. The van der Waals surface area contributed by atoms with Crippen LogP contribution in [-0.4, -0.2) is 27.5 Å². The van der Waals surface area contributed by atoms with E-state index in [4.69, 9.17) is 17.0 Å². The highest BCUT2D eigenvalue weighted by Crippen LogP contribution is 2.20. The van der Waals surface area contributed by atoms with E-state index in [0.29, 0.717) is 10.9 Å². The minimum Gasteiger partial charge on any atom is -0.376 e. The van der Waals surface area contributed by atoms with Crippen molar-refractivity contribution in [2.75, 3.05) is 6.61 Å². The van der Waals surface area contributed by atoms with Crippen LogP contribution in [0.25, 0.3) is 0 Å². The van der Waals surface area contributed by atoms with Gasteiger partial charge in [-0.25, -0.2) is 0 Å². The van der Waals surface area contributed by atoms with Gasteiger partial charge in [0.05, 0.1) is 12.7 Å². The van der Waals surface area contributed by atoms with Crippen LogP contribution in [0.2, 0.25) is 0 Å². The second-order valence-electron chi connectivity index (χ2n) is 3.63. The molecule has 1 N–H and O–H groups in total. The zero-order valence-corrected chi connectivity index (χ0v) is 8.92. The van der Waals surface area contributed by atoms with Gasteiger partial charge in [-0.05, 0) is 25.1 Å². The molecule has 1 aliphatic carbocycles. The van der Waals surface area contributed by atoms with E-state index >= 15 is 0 Å². The first kappa shape index (κ1) is 9.86. The van der Waals surface area contributed by atoms with Crippen LogP contribution < -0.4 is 0 Å². The van der Waals surface area contributed by atoms with Gasteiger partial charge in [-0.3, -0.25) is 5.10 Å². The molecule has 1 aliphatic rings. The van der Waals surface area contributed by atoms with Crippen LogP contribution in [0.4, 0.5) is 0 Å². The van der Waals surface area contributed by atoms with Gasteiger partial charge in [-0.15, -0.1) is 0 Å². The van der Waals surface area contributed by atoms with E-state index in [-0.39, 0.29) is 0 Å². The summed E-state index contributed by atoms with van der Waals surface area (Å²) in [5.74, 6) is 0. The number of aromatic nitrogens is 3. The maximum atomic E-state index is 5.72. The molecule has 1 saturated carbocycles. The first-order valence-corrected chi connectivity index (χ1v) is 5.48. The molecular formula is C9H15N3OS. The van der Waals surface area contributed by atoms with E-state index < -0.39 is 0 Å². The van der Waals surface area contributed by atoms with Crippen LogP contribution in [0.3, 0.4) is 0 Å². The molecule has 0 atom stereocenters. The summed E-state index contributed by atoms with van der Waals surface area (Å²) in [4.78, 5) is 0. The maximum absolute atomic E-state index is 5.72. The highest BCUT2D eigenvalue weighted by molar-refractivity contribution is 7.71. The topological polar surface area (TPSA) is 42.8 Å². The molecule has 2 rings (SSSR count). The van der Waals surface area contributed by atoms with Crippen molar-refractivity contribution in [2.45, 2.75) is 38.3 Å². The quantitative estimate of drug-likeness (QED) is 0.777. The average Bonchev–Trinajstić information content (AvgIpc) is 2.78. The van der Waals surface area contributed by atoms with Crippen molar-refractivity contribution >= 4 is 12.2 Å². The Kier molecular flexibility index (Phi) is 3.31. The lowest BCUT2D eigenvalue weighted by Gasteiger charge is -2.10. The van der Waals surface area contributed by atoms with Crippen molar-refractivity contribution in [3.05, 3.63) is 11.1 Å². The number of ether oxygens (including phenoxy) is 1. The van der Waals surface area contributed by atoms with E-state index in [9.17, 15) is 0 Å². The van der Waals surface area contributed by atoms with Gasteiger partial charge in [-0.2, -0.15) is 5.10 Å². The van der Waals surface area contributed by atoms with Crippen LogP contribution in [-0.2, 0) is 11.3 Å². The fourth-order valence-corrected chi connectivity index (χ4v) is 1.99. The molecule has 1 aromatic heterocycles. The molecule has 0 bridgehead atoms. The van der Waals surface area contributed by atoms with Crippen molar-refractivity contribution in [3.8, 4) is 0 Å². The number of hydrogen-bond donors (Lipinski definition) is 1. The predicted molar refractivity (Wildman–Crippen MR) is 55.6 cm³/mol. The van der Waals surface area contributed by atoms with Crippen LogP contribution in [0.1, 0.15) is 25.7 Å². The molecule has 0 unspecified atom stereocenters. The number of rotatable bonds is 4. The second-order valence-corrected chi connectivity index (χ2v) is 4.02. The molecule has 0 saturated heterocycles. The Morgan fingerprint density at radius 1 is 1.57 bits per heavy atom. The van der Waals surface area contributed by atoms with E-state index in [0.717, 1.165) is 13.2 Å². The Morgan fingerprint density at radius 3 is 3.00 bits per heavy atom. The van der Waals surface area contributed by atoms with Gasteiger partial charge in [0.25, 0.3) is 0 Å². The van der Waals surface area contributed by atoms with Gasteiger partial charge < -0.3 is 9.30 Å². The zero-order valence-electron chi connectivity index (χ0n) is 8.11. The zero-order chi connectivity index (χ0) is 9.80. The molecule has 4 nitrogen and oxygen atoms in total. The third-order valence-corrected chi connectivity index (χ3v) is 2.93. The van der Waals surface area contributed by atoms with Crippen molar-refractivity contribution in [1.29, 1.82) is 0 Å². The summed E-state index contributed by atoms with van der Waals surface area (Å²) in [6.07, 6.45) is 7.26. The number of H-pyrrole nitrogens is 1. The molecular weight excluding hydrogens is 198 g/mol. The van der Waals surface area contributed by atoms with Crippen molar-refractivity contribution in [1.82, 2.24) is 14.8 Å². The van der Waals surface area contributed by atoms with E-state index in [1.54, 1.807) is 6.33 Å². The SMILES string of the molecule is S=c1[nH]ncn1CCOC1CCCC1. The molecule has 1 aromatic rings. The minimum absolute atomic E-state index is 0.482. The van der Waals surface area contributed by atoms with Gasteiger partial charge in [0, 0.05) is 6.54 Å². The summed E-state index contributed by atoms with van der Waals surface area (Å²) in [7, 11) is 0. The summed E-state index contributed by atoms with van der Waals surface area (Å²) >= 11 is 5.02. The number of nitrogens with one attached hydrogen (secondary N) is 1. The third-order valence-electron chi connectivity index (χ3n) is 2.61. The van der Waals surface area contributed by atoms with Crippen LogP contribution in [0, 0.1) is 4.77 Å². The Hall–Kier alpha value is -0.680. The average molecular weight is 213 g/mol.